The zero-order valence-corrected chi connectivity index (χ0v) is 13.4. The topological polar surface area (TPSA) is 22.1 Å². The summed E-state index contributed by atoms with van der Waals surface area (Å²) in [5.41, 5.74) is 2.43. The van der Waals surface area contributed by atoms with Crippen LogP contribution in [0.1, 0.15) is 32.0 Å². The Kier molecular flexibility index (Phi) is 4.70. The van der Waals surface area contributed by atoms with Crippen molar-refractivity contribution in [3.63, 3.8) is 0 Å². The smallest absolute Gasteiger partial charge is 0.171 e. The van der Waals surface area contributed by atoms with E-state index in [0.717, 1.165) is 10.2 Å². The normalized spacial score (nSPS) is 12.2. The molecule has 0 aromatic carbocycles. The second-order valence-corrected chi connectivity index (χ2v) is 8.60. The minimum absolute atomic E-state index is 0.105. The molecule has 16 heavy (non-hydrogen) atoms. The van der Waals surface area contributed by atoms with Crippen molar-refractivity contribution in [2.45, 2.75) is 45.9 Å². The molecule has 0 aliphatic carbocycles. The van der Waals surface area contributed by atoms with Crippen molar-refractivity contribution in [2.24, 2.45) is 0 Å². The fourth-order valence-corrected chi connectivity index (χ4v) is 2.30. The van der Waals surface area contributed by atoms with E-state index in [1.807, 2.05) is 6.20 Å². The van der Waals surface area contributed by atoms with E-state index in [9.17, 15) is 0 Å². The fourth-order valence-electron chi connectivity index (χ4n) is 1.48. The Morgan fingerprint density at radius 3 is 2.50 bits per heavy atom. The summed E-state index contributed by atoms with van der Waals surface area (Å²) in [5, 5.41) is 0. The van der Waals surface area contributed by atoms with E-state index in [-0.39, 0.29) is 5.41 Å². The summed E-state index contributed by atoms with van der Waals surface area (Å²) in [6.45, 7) is 11.6. The molecule has 1 aromatic rings. The molecule has 1 aromatic heterocycles. The molecule has 2 nitrogen and oxygen atoms in total. The van der Waals surface area contributed by atoms with Gasteiger partial charge in [-0.25, -0.2) is 0 Å². The average molecular weight is 302 g/mol. The molecule has 0 unspecified atom stereocenters. The minimum atomic E-state index is -0.979. The third-order valence-corrected chi connectivity index (χ3v) is 3.57. The van der Waals surface area contributed by atoms with Crippen molar-refractivity contribution in [1.29, 1.82) is 0 Å². The predicted molar refractivity (Wildman–Crippen MR) is 74.3 cm³/mol. The molecule has 0 aliphatic heterocycles. The van der Waals surface area contributed by atoms with Crippen LogP contribution in [0.2, 0.25) is 13.1 Å². The molecule has 0 radical (unpaired) electrons. The second kappa shape index (κ2) is 5.43. The van der Waals surface area contributed by atoms with Gasteiger partial charge >= 0.3 is 0 Å². The van der Waals surface area contributed by atoms with Crippen LogP contribution in [0, 0.1) is 0 Å². The van der Waals surface area contributed by atoms with Crippen molar-refractivity contribution < 1.29 is 4.43 Å². The van der Waals surface area contributed by atoms with E-state index < -0.39 is 9.04 Å². The molecule has 0 spiro atoms. The van der Waals surface area contributed by atoms with Crippen molar-refractivity contribution in [3.05, 3.63) is 28.0 Å². The van der Waals surface area contributed by atoms with Gasteiger partial charge in [-0.2, -0.15) is 0 Å². The zero-order chi connectivity index (χ0) is 12.3. The summed E-state index contributed by atoms with van der Waals surface area (Å²) in [6, 6.07) is 2.15. The lowest BCUT2D eigenvalue weighted by Crippen LogP contribution is -2.17. The van der Waals surface area contributed by atoms with Crippen LogP contribution in [-0.2, 0) is 16.4 Å². The van der Waals surface area contributed by atoms with Gasteiger partial charge < -0.3 is 4.43 Å². The Bertz CT molecular complexity index is 361. The first-order valence-electron chi connectivity index (χ1n) is 5.57. The molecular weight excluding hydrogens is 282 g/mol. The highest BCUT2D eigenvalue weighted by Crippen LogP contribution is 2.27. The van der Waals surface area contributed by atoms with Gasteiger partial charge in [0.15, 0.2) is 9.04 Å². The van der Waals surface area contributed by atoms with Gasteiger partial charge in [0.1, 0.15) is 0 Å². The third-order valence-electron chi connectivity index (χ3n) is 2.30. The first-order chi connectivity index (χ1) is 7.30. The maximum atomic E-state index is 5.76. The van der Waals surface area contributed by atoms with E-state index in [0.29, 0.717) is 6.61 Å². The lowest BCUT2D eigenvalue weighted by Gasteiger charge is -2.22. The first kappa shape index (κ1) is 13.9. The van der Waals surface area contributed by atoms with Crippen LogP contribution in [0.25, 0.3) is 0 Å². The number of nitrogens with zero attached hydrogens (tertiary/aromatic N) is 1. The zero-order valence-electron chi connectivity index (χ0n) is 10.7. The van der Waals surface area contributed by atoms with Crippen LogP contribution >= 0.6 is 15.9 Å². The molecule has 4 heteroatoms. The van der Waals surface area contributed by atoms with Gasteiger partial charge in [-0.3, -0.25) is 4.98 Å². The standard InChI is InChI=1S/C12H20BrNOSi/c1-12(2,3)10-6-9(13)7-14-11(10)8-15-16(4)5/h6-7,16H,8H2,1-5H3. The van der Waals surface area contributed by atoms with Gasteiger partial charge in [-0.05, 0) is 46.1 Å². The number of rotatable bonds is 3. The lowest BCUT2D eigenvalue weighted by atomic mass is 9.86. The molecule has 0 fully saturated rings. The summed E-state index contributed by atoms with van der Waals surface area (Å²) in [6.07, 6.45) is 1.84. The van der Waals surface area contributed by atoms with Gasteiger partial charge in [-0.15, -0.1) is 0 Å². The van der Waals surface area contributed by atoms with Gasteiger partial charge in [0.25, 0.3) is 0 Å². The quantitative estimate of drug-likeness (QED) is 0.795. The average Bonchev–Trinajstić information content (AvgIpc) is 2.14. The minimum Gasteiger partial charge on any atom is -0.415 e. The summed E-state index contributed by atoms with van der Waals surface area (Å²) >= 11 is 3.47. The Labute approximate surface area is 108 Å². The van der Waals surface area contributed by atoms with Crippen LogP contribution in [-0.4, -0.2) is 14.0 Å². The molecule has 0 atom stereocenters. The monoisotopic (exact) mass is 301 g/mol. The fraction of sp³-hybridized carbons (Fsp3) is 0.583. The molecule has 0 N–H and O–H groups in total. The van der Waals surface area contributed by atoms with Crippen LogP contribution in [0.4, 0.5) is 0 Å². The lowest BCUT2D eigenvalue weighted by molar-refractivity contribution is 0.305. The number of halogens is 1. The maximum Gasteiger partial charge on any atom is 0.171 e. The number of hydrogen-bond acceptors (Lipinski definition) is 2. The van der Waals surface area contributed by atoms with E-state index >= 15 is 0 Å². The van der Waals surface area contributed by atoms with Crippen molar-refractivity contribution in [3.8, 4) is 0 Å². The van der Waals surface area contributed by atoms with E-state index in [1.165, 1.54) is 5.56 Å². The largest absolute Gasteiger partial charge is 0.415 e. The van der Waals surface area contributed by atoms with E-state index in [4.69, 9.17) is 4.43 Å². The summed E-state index contributed by atoms with van der Waals surface area (Å²) in [5.74, 6) is 0. The molecular formula is C12H20BrNOSi. The Morgan fingerprint density at radius 1 is 1.38 bits per heavy atom. The third kappa shape index (κ3) is 4.00. The van der Waals surface area contributed by atoms with Crippen molar-refractivity contribution >= 4 is 25.0 Å². The van der Waals surface area contributed by atoms with E-state index in [2.05, 4.69) is 60.8 Å². The van der Waals surface area contributed by atoms with Crippen molar-refractivity contribution in [2.75, 3.05) is 0 Å². The number of hydrogen-bond donors (Lipinski definition) is 0. The summed E-state index contributed by atoms with van der Waals surface area (Å²) < 4.78 is 6.80. The predicted octanol–water partition coefficient (Wildman–Crippen LogP) is 3.64. The second-order valence-electron chi connectivity index (χ2n) is 5.26. The van der Waals surface area contributed by atoms with Crippen LogP contribution in [0.3, 0.4) is 0 Å². The number of pyridine rings is 1. The maximum absolute atomic E-state index is 5.76. The molecule has 0 saturated heterocycles. The van der Waals surface area contributed by atoms with Crippen LogP contribution in [0.5, 0.6) is 0 Å². The van der Waals surface area contributed by atoms with Gasteiger partial charge in [0.2, 0.25) is 0 Å². The van der Waals surface area contributed by atoms with Crippen LogP contribution < -0.4 is 0 Å². The van der Waals surface area contributed by atoms with E-state index in [1.54, 1.807) is 0 Å². The SMILES string of the molecule is C[SiH](C)OCc1ncc(Br)cc1C(C)(C)C. The van der Waals surface area contributed by atoms with Gasteiger partial charge in [0, 0.05) is 10.7 Å². The van der Waals surface area contributed by atoms with Crippen molar-refractivity contribution in [1.82, 2.24) is 4.98 Å². The highest BCUT2D eigenvalue weighted by atomic mass is 79.9. The highest BCUT2D eigenvalue weighted by Gasteiger charge is 2.19. The Hall–Kier alpha value is -0.193. The summed E-state index contributed by atoms with van der Waals surface area (Å²) in [4.78, 5) is 4.47. The molecule has 1 rings (SSSR count). The molecule has 1 heterocycles. The van der Waals surface area contributed by atoms with Gasteiger partial charge in [-0.1, -0.05) is 20.8 Å². The Balaban J connectivity index is 2.99. The molecule has 0 saturated carbocycles. The van der Waals surface area contributed by atoms with Crippen LogP contribution in [0.15, 0.2) is 16.7 Å². The molecule has 90 valence electrons. The first-order valence-corrected chi connectivity index (χ1v) is 9.14. The molecule has 0 aliphatic rings. The highest BCUT2D eigenvalue weighted by molar-refractivity contribution is 9.10. The molecule has 0 amide bonds. The number of aromatic nitrogens is 1. The Morgan fingerprint density at radius 2 is 2.00 bits per heavy atom. The molecule has 0 bridgehead atoms. The van der Waals surface area contributed by atoms with Gasteiger partial charge in [0.05, 0.1) is 12.3 Å². The summed E-state index contributed by atoms with van der Waals surface area (Å²) in [7, 11) is -0.979.